The summed E-state index contributed by atoms with van der Waals surface area (Å²) in [5.74, 6) is -2.23. The molecule has 0 aliphatic carbocycles. The molecular formula is C29H31N4O11P. The smallest absolute Gasteiger partial charge is 0.375 e. The third kappa shape index (κ3) is 7.76. The number of esters is 1. The second-order valence-corrected chi connectivity index (χ2v) is 11.2. The van der Waals surface area contributed by atoms with Gasteiger partial charge in [-0.15, -0.1) is 0 Å². The van der Waals surface area contributed by atoms with Crippen molar-refractivity contribution < 1.29 is 51.6 Å². The number of carbonyl (C=O) groups excluding carboxylic acids is 1. The number of aromatic nitrogens is 4. The van der Waals surface area contributed by atoms with Crippen LogP contribution >= 0.6 is 7.60 Å². The van der Waals surface area contributed by atoms with Gasteiger partial charge in [0, 0.05) is 19.8 Å². The molecule has 2 aromatic heterocycles. The quantitative estimate of drug-likeness (QED) is 0.124. The number of rotatable bonds is 14. The summed E-state index contributed by atoms with van der Waals surface area (Å²) in [5.41, 5.74) is 0.998. The third-order valence-electron chi connectivity index (χ3n) is 6.13. The number of carbonyl (C=O) groups is 1. The van der Waals surface area contributed by atoms with Gasteiger partial charge in [-0.05, 0) is 19.1 Å². The monoisotopic (exact) mass is 642 g/mol. The fraction of sp³-hybridized carbons (Fsp3) is 0.276. The van der Waals surface area contributed by atoms with Crippen LogP contribution in [-0.2, 0) is 18.3 Å². The van der Waals surface area contributed by atoms with E-state index in [-0.39, 0.29) is 52.6 Å². The number of hydrogen-bond acceptors (Lipinski definition) is 15. The first-order valence-electron chi connectivity index (χ1n) is 13.1. The number of methoxy groups -OCH3 is 4. The zero-order valence-electron chi connectivity index (χ0n) is 25.5. The Hall–Kier alpha value is -4.98. The van der Waals surface area contributed by atoms with Crippen molar-refractivity contribution in [2.24, 2.45) is 0 Å². The first kappa shape index (κ1) is 32.9. The third-order valence-corrected chi connectivity index (χ3v) is 8.12. The van der Waals surface area contributed by atoms with Gasteiger partial charge in [-0.2, -0.15) is 19.9 Å². The van der Waals surface area contributed by atoms with Gasteiger partial charge < -0.3 is 42.2 Å². The highest BCUT2D eigenvalue weighted by atomic mass is 31.2. The van der Waals surface area contributed by atoms with Gasteiger partial charge in [-0.25, -0.2) is 4.79 Å². The maximum absolute atomic E-state index is 14.1. The first-order chi connectivity index (χ1) is 21.7. The molecule has 0 aliphatic heterocycles. The molecular weight excluding hydrogens is 611 g/mol. The van der Waals surface area contributed by atoms with E-state index in [2.05, 4.69) is 19.9 Å². The molecule has 45 heavy (non-hydrogen) atoms. The lowest BCUT2D eigenvalue weighted by atomic mass is 10.1. The van der Waals surface area contributed by atoms with E-state index in [9.17, 15) is 9.36 Å². The molecule has 0 aliphatic rings. The lowest BCUT2D eigenvalue weighted by Crippen LogP contribution is -2.16. The molecule has 0 amide bonds. The molecule has 0 bridgehead atoms. The Bertz CT molecular complexity index is 1560. The minimum absolute atomic E-state index is 0.116. The van der Waals surface area contributed by atoms with Crippen molar-refractivity contribution in [3.63, 3.8) is 0 Å². The van der Waals surface area contributed by atoms with E-state index in [4.69, 9.17) is 42.2 Å². The van der Waals surface area contributed by atoms with Crippen LogP contribution in [0.2, 0.25) is 0 Å². The molecule has 2 aromatic carbocycles. The van der Waals surface area contributed by atoms with Crippen LogP contribution in [0.15, 0.2) is 54.6 Å². The second kappa shape index (κ2) is 14.7. The van der Waals surface area contributed by atoms with Crippen LogP contribution in [0.1, 0.15) is 27.3 Å². The lowest BCUT2D eigenvalue weighted by molar-refractivity contribution is 0.0375. The largest absolute Gasteiger partial charge is 0.481 e. The number of aryl methyl sites for hydroxylation is 1. The van der Waals surface area contributed by atoms with Crippen molar-refractivity contribution in [1.29, 1.82) is 0 Å². The predicted molar refractivity (Wildman–Crippen MR) is 158 cm³/mol. The van der Waals surface area contributed by atoms with Gasteiger partial charge in [-0.1, -0.05) is 35.9 Å². The number of hydrogen-bond donors (Lipinski definition) is 0. The van der Waals surface area contributed by atoms with Crippen molar-refractivity contribution in [2.75, 3.05) is 42.7 Å². The molecule has 0 N–H and O–H groups in total. The molecule has 4 rings (SSSR count). The highest BCUT2D eigenvalue weighted by Gasteiger charge is 2.40. The summed E-state index contributed by atoms with van der Waals surface area (Å²) in [5, 5.41) is 0. The Morgan fingerprint density at radius 3 is 1.47 bits per heavy atom. The highest BCUT2D eigenvalue weighted by Crippen LogP contribution is 2.60. The molecule has 0 saturated carbocycles. The van der Waals surface area contributed by atoms with Crippen LogP contribution in [0.5, 0.6) is 47.0 Å². The average molecular weight is 643 g/mol. The van der Waals surface area contributed by atoms with Crippen molar-refractivity contribution in [2.45, 2.75) is 12.8 Å². The summed E-state index contributed by atoms with van der Waals surface area (Å²) in [4.78, 5) is 30.8. The van der Waals surface area contributed by atoms with Gasteiger partial charge in [0.05, 0.1) is 40.6 Å². The molecule has 238 valence electrons. The molecule has 2 heterocycles. The maximum atomic E-state index is 14.1. The Labute approximate surface area is 258 Å². The van der Waals surface area contributed by atoms with Crippen LogP contribution in [0, 0.1) is 6.92 Å². The summed E-state index contributed by atoms with van der Waals surface area (Å²) in [6.45, 7) is 1.87. The Kier molecular flexibility index (Phi) is 10.7. The molecule has 0 saturated heterocycles. The van der Waals surface area contributed by atoms with Crippen molar-refractivity contribution in [1.82, 2.24) is 19.9 Å². The van der Waals surface area contributed by atoms with Crippen LogP contribution in [0.3, 0.4) is 0 Å². The highest BCUT2D eigenvalue weighted by molar-refractivity contribution is 7.54. The second-order valence-electron chi connectivity index (χ2n) is 8.88. The molecule has 16 heteroatoms. The summed E-state index contributed by atoms with van der Waals surface area (Å²) in [6.07, 6.45) is 0. The minimum Gasteiger partial charge on any atom is -0.481 e. The standard InChI is InChI=1S/C29H31N4O11P/c1-17-11-13-18(14-12-17)27(45(35,40-6)41-7)44-26(34)25-19(42-28-30-21(36-2)15-22(31-28)37-3)9-8-10-20(25)43-29-32-23(38-4)16-24(33-29)39-5/h8-16,27H,1-7H3. The summed E-state index contributed by atoms with van der Waals surface area (Å²) in [6, 6.07) is 13.6. The van der Waals surface area contributed by atoms with Gasteiger partial charge >= 0.3 is 25.6 Å². The van der Waals surface area contributed by atoms with Crippen LogP contribution in [0.25, 0.3) is 0 Å². The number of ether oxygens (including phenoxy) is 7. The van der Waals surface area contributed by atoms with E-state index < -0.39 is 19.4 Å². The minimum atomic E-state index is -4.05. The lowest BCUT2D eigenvalue weighted by Gasteiger charge is -2.25. The van der Waals surface area contributed by atoms with Crippen molar-refractivity contribution in [3.8, 4) is 47.0 Å². The number of benzene rings is 2. The van der Waals surface area contributed by atoms with Gasteiger partial charge in [0.1, 0.15) is 17.1 Å². The molecule has 1 atom stereocenters. The van der Waals surface area contributed by atoms with Gasteiger partial charge in [0.15, 0.2) is 0 Å². The molecule has 0 radical (unpaired) electrons. The van der Waals surface area contributed by atoms with Crippen LogP contribution in [-0.4, -0.2) is 68.6 Å². The Morgan fingerprint density at radius 2 is 1.09 bits per heavy atom. The van der Waals surface area contributed by atoms with Gasteiger partial charge in [0.25, 0.3) is 0 Å². The maximum Gasteiger partial charge on any atom is 0.375 e. The fourth-order valence-electron chi connectivity index (χ4n) is 3.83. The zero-order chi connectivity index (χ0) is 32.6. The van der Waals surface area contributed by atoms with E-state index in [1.54, 1.807) is 24.3 Å². The number of nitrogens with zero attached hydrogens (tertiary/aromatic N) is 4. The summed E-state index contributed by atoms with van der Waals surface area (Å²) in [7, 11) is 3.94. The van der Waals surface area contributed by atoms with Crippen molar-refractivity contribution in [3.05, 3.63) is 71.3 Å². The van der Waals surface area contributed by atoms with Gasteiger partial charge in [-0.3, -0.25) is 4.57 Å². The van der Waals surface area contributed by atoms with Crippen LogP contribution in [0.4, 0.5) is 0 Å². The molecule has 4 aromatic rings. The van der Waals surface area contributed by atoms with E-state index in [1.807, 2.05) is 6.92 Å². The Balaban J connectivity index is 1.85. The normalized spacial score (nSPS) is 11.7. The van der Waals surface area contributed by atoms with E-state index in [0.29, 0.717) is 5.56 Å². The zero-order valence-corrected chi connectivity index (χ0v) is 26.4. The van der Waals surface area contributed by atoms with Gasteiger partial charge in [0.2, 0.25) is 29.4 Å². The molecule has 1 unspecified atom stereocenters. The molecule has 0 spiro atoms. The topological polar surface area (TPSA) is 169 Å². The molecule has 0 fully saturated rings. The first-order valence-corrected chi connectivity index (χ1v) is 14.7. The SMILES string of the molecule is COc1cc(OC)nc(Oc2cccc(Oc3nc(OC)cc(OC)n3)c2C(=O)OC(c2ccc(C)cc2)P(=O)(OC)OC)n1. The summed E-state index contributed by atoms with van der Waals surface area (Å²) >= 11 is 0. The van der Waals surface area contributed by atoms with Crippen molar-refractivity contribution >= 4 is 13.6 Å². The fourth-order valence-corrected chi connectivity index (χ4v) is 5.12. The average Bonchev–Trinajstić information content (AvgIpc) is 3.06. The van der Waals surface area contributed by atoms with Crippen LogP contribution < -0.4 is 28.4 Å². The van der Waals surface area contributed by atoms with E-state index in [0.717, 1.165) is 5.56 Å². The predicted octanol–water partition coefficient (Wildman–Crippen LogP) is 5.54. The molecule has 15 nitrogen and oxygen atoms in total. The van der Waals surface area contributed by atoms with E-state index >= 15 is 0 Å². The van der Waals surface area contributed by atoms with E-state index in [1.165, 1.54) is 73.0 Å². The Morgan fingerprint density at radius 1 is 0.667 bits per heavy atom. The summed E-state index contributed by atoms with van der Waals surface area (Å²) < 4.78 is 62.7.